The second-order valence-corrected chi connectivity index (χ2v) is 6.85. The molecule has 1 N–H and O–H groups in total. The molecule has 4 aromatic rings. The largest absolute Gasteiger partial charge is 0.369 e. The number of aromatic nitrogens is 5. The number of fused-ring (bicyclic) bond motifs is 3. The summed E-state index contributed by atoms with van der Waals surface area (Å²) in [5, 5.41) is 0. The Morgan fingerprint density at radius 2 is 1.74 bits per heavy atom. The van der Waals surface area contributed by atoms with Gasteiger partial charge in [-0.1, -0.05) is 44.2 Å². The van der Waals surface area contributed by atoms with Crippen molar-refractivity contribution in [3.05, 3.63) is 56.9 Å². The Bertz CT molecular complexity index is 1270. The van der Waals surface area contributed by atoms with Crippen molar-refractivity contribution in [3.8, 4) is 11.3 Å². The van der Waals surface area contributed by atoms with E-state index in [1.54, 1.807) is 7.05 Å². The number of hydrogen-bond acceptors (Lipinski definition) is 2. The summed E-state index contributed by atoms with van der Waals surface area (Å²) in [4.78, 5) is 28.7. The maximum atomic E-state index is 13.0. The van der Waals surface area contributed by atoms with Gasteiger partial charge in [0, 0.05) is 26.1 Å². The monoisotopic (exact) mass is 366 g/mol. The summed E-state index contributed by atoms with van der Waals surface area (Å²) in [5.41, 5.74) is 3.74. The SMILES string of the molecule is CCC[n+]1c(-c2ccccc2)c(CC)n2c3c(=O)n(C)c(=O)n(C)c3[nH]c21. The van der Waals surface area contributed by atoms with Crippen molar-refractivity contribution < 1.29 is 4.57 Å². The first kappa shape index (κ1) is 17.3. The smallest absolute Gasteiger partial charge is 0.267 e. The van der Waals surface area contributed by atoms with E-state index in [2.05, 4.69) is 35.5 Å². The molecule has 1 aromatic carbocycles. The number of hydrogen-bond donors (Lipinski definition) is 1. The number of nitrogens with one attached hydrogen (secondary N) is 1. The molecular formula is C20H24N5O2+. The van der Waals surface area contributed by atoms with Crippen LogP contribution in [0.5, 0.6) is 0 Å². The third kappa shape index (κ3) is 2.31. The van der Waals surface area contributed by atoms with Crippen LogP contribution in [-0.4, -0.2) is 18.5 Å². The molecule has 0 unspecified atom stereocenters. The number of benzene rings is 1. The van der Waals surface area contributed by atoms with Crippen LogP contribution in [0.1, 0.15) is 26.0 Å². The normalized spacial score (nSPS) is 11.7. The highest BCUT2D eigenvalue weighted by atomic mass is 16.2. The molecule has 0 aliphatic carbocycles. The molecule has 0 fully saturated rings. The Hall–Kier alpha value is -3.09. The Labute approximate surface area is 156 Å². The zero-order valence-electron chi connectivity index (χ0n) is 16.1. The van der Waals surface area contributed by atoms with E-state index in [0.717, 1.165) is 42.1 Å². The molecule has 0 saturated carbocycles. The van der Waals surface area contributed by atoms with Crippen LogP contribution in [-0.2, 0) is 27.1 Å². The van der Waals surface area contributed by atoms with E-state index >= 15 is 0 Å². The van der Waals surface area contributed by atoms with Gasteiger partial charge in [0.1, 0.15) is 11.4 Å². The van der Waals surface area contributed by atoms with Gasteiger partial charge in [0.15, 0.2) is 0 Å². The first-order valence-corrected chi connectivity index (χ1v) is 9.31. The molecule has 140 valence electrons. The fraction of sp³-hybridized carbons (Fsp3) is 0.350. The van der Waals surface area contributed by atoms with Crippen LogP contribution in [0.15, 0.2) is 39.9 Å². The van der Waals surface area contributed by atoms with Crippen molar-refractivity contribution in [1.29, 1.82) is 0 Å². The third-order valence-corrected chi connectivity index (χ3v) is 5.20. The van der Waals surface area contributed by atoms with Crippen molar-refractivity contribution in [3.63, 3.8) is 0 Å². The third-order valence-electron chi connectivity index (χ3n) is 5.20. The lowest BCUT2D eigenvalue weighted by molar-refractivity contribution is -0.662. The number of H-pyrrole nitrogens is 1. The van der Waals surface area contributed by atoms with Gasteiger partial charge in [0.25, 0.3) is 5.56 Å². The van der Waals surface area contributed by atoms with Gasteiger partial charge in [-0.05, 0) is 6.42 Å². The molecular weight excluding hydrogens is 342 g/mol. The maximum Gasteiger partial charge on any atom is 0.369 e. The minimum atomic E-state index is -0.333. The van der Waals surface area contributed by atoms with Crippen LogP contribution in [0.4, 0.5) is 0 Å². The van der Waals surface area contributed by atoms with E-state index in [4.69, 9.17) is 0 Å². The molecule has 7 heteroatoms. The van der Waals surface area contributed by atoms with Gasteiger partial charge in [0.05, 0.1) is 6.54 Å². The second kappa shape index (κ2) is 6.26. The Kier molecular flexibility index (Phi) is 4.02. The zero-order chi connectivity index (χ0) is 19.3. The molecule has 0 aliphatic rings. The molecule has 0 spiro atoms. The fourth-order valence-electron chi connectivity index (χ4n) is 3.94. The fourth-order valence-corrected chi connectivity index (χ4v) is 3.94. The van der Waals surface area contributed by atoms with Gasteiger partial charge in [-0.3, -0.25) is 13.9 Å². The van der Waals surface area contributed by atoms with Crippen molar-refractivity contribution in [2.75, 3.05) is 0 Å². The Morgan fingerprint density at radius 3 is 2.37 bits per heavy atom. The van der Waals surface area contributed by atoms with E-state index in [1.807, 2.05) is 22.6 Å². The first-order valence-electron chi connectivity index (χ1n) is 9.31. The van der Waals surface area contributed by atoms with Crippen molar-refractivity contribution in [1.82, 2.24) is 18.5 Å². The minimum absolute atomic E-state index is 0.285. The van der Waals surface area contributed by atoms with E-state index in [9.17, 15) is 9.59 Å². The van der Waals surface area contributed by atoms with Crippen LogP contribution < -0.4 is 15.8 Å². The van der Waals surface area contributed by atoms with Gasteiger partial charge >= 0.3 is 11.5 Å². The van der Waals surface area contributed by atoms with E-state index in [0.29, 0.717) is 11.2 Å². The topological polar surface area (TPSA) is 68.1 Å². The predicted molar refractivity (Wildman–Crippen MR) is 105 cm³/mol. The number of imidazole rings is 2. The van der Waals surface area contributed by atoms with Crippen LogP contribution in [0.25, 0.3) is 28.2 Å². The molecule has 27 heavy (non-hydrogen) atoms. The highest BCUT2D eigenvalue weighted by Crippen LogP contribution is 2.25. The number of rotatable bonds is 4. The van der Waals surface area contributed by atoms with E-state index in [-0.39, 0.29) is 11.2 Å². The van der Waals surface area contributed by atoms with Crippen molar-refractivity contribution in [2.45, 2.75) is 33.2 Å². The van der Waals surface area contributed by atoms with Crippen LogP contribution in [0.3, 0.4) is 0 Å². The van der Waals surface area contributed by atoms with Crippen molar-refractivity contribution >= 4 is 16.9 Å². The standard InChI is InChI=1S/C20H23N5O2/c1-5-12-24-15(13-10-8-7-9-11-13)14(6-2)25-16-17(21-19(24)25)22(3)20(27)23(4)18(16)26/h7-11H,5-6,12H2,1-4H3/p+1. The molecule has 0 amide bonds. The lowest BCUT2D eigenvalue weighted by atomic mass is 10.1. The zero-order valence-corrected chi connectivity index (χ0v) is 16.1. The summed E-state index contributed by atoms with van der Waals surface area (Å²) < 4.78 is 6.89. The summed E-state index contributed by atoms with van der Waals surface area (Å²) in [7, 11) is 3.21. The first-order chi connectivity index (χ1) is 13.0. The maximum absolute atomic E-state index is 13.0. The average Bonchev–Trinajstić information content (AvgIpc) is 3.21. The van der Waals surface area contributed by atoms with Crippen LogP contribution >= 0.6 is 0 Å². The molecule has 0 aliphatic heterocycles. The van der Waals surface area contributed by atoms with E-state index in [1.165, 1.54) is 16.2 Å². The highest BCUT2D eigenvalue weighted by Gasteiger charge is 2.30. The van der Waals surface area contributed by atoms with Gasteiger partial charge in [-0.25, -0.2) is 14.3 Å². The van der Waals surface area contributed by atoms with Gasteiger partial charge in [0.2, 0.25) is 11.2 Å². The minimum Gasteiger partial charge on any atom is -0.267 e. The van der Waals surface area contributed by atoms with E-state index < -0.39 is 0 Å². The molecule has 7 nitrogen and oxygen atoms in total. The Morgan fingerprint density at radius 1 is 1.04 bits per heavy atom. The molecule has 3 heterocycles. The molecule has 3 aromatic heterocycles. The summed E-state index contributed by atoms with van der Waals surface area (Å²) in [6.07, 6.45) is 1.72. The predicted octanol–water partition coefficient (Wildman–Crippen LogP) is 1.74. The Balaban J connectivity index is 2.26. The van der Waals surface area contributed by atoms with Gasteiger partial charge < -0.3 is 0 Å². The highest BCUT2D eigenvalue weighted by molar-refractivity contribution is 5.77. The average molecular weight is 366 g/mol. The second-order valence-electron chi connectivity index (χ2n) is 6.85. The van der Waals surface area contributed by atoms with Gasteiger partial charge in [-0.15, -0.1) is 0 Å². The summed E-state index contributed by atoms with van der Waals surface area (Å²) >= 11 is 0. The molecule has 0 atom stereocenters. The summed E-state index contributed by atoms with van der Waals surface area (Å²) in [5.74, 6) is 0.834. The number of aromatic amines is 1. The van der Waals surface area contributed by atoms with Crippen LogP contribution in [0, 0.1) is 0 Å². The number of aryl methyl sites for hydroxylation is 3. The summed E-state index contributed by atoms with van der Waals surface area (Å²) in [6.45, 7) is 5.04. The molecule has 4 rings (SSSR count). The lowest BCUT2D eigenvalue weighted by Gasteiger charge is -2.05. The number of nitrogens with zero attached hydrogens (tertiary/aromatic N) is 4. The lowest BCUT2D eigenvalue weighted by Crippen LogP contribution is -2.37. The molecule has 0 bridgehead atoms. The summed E-state index contributed by atoms with van der Waals surface area (Å²) in [6, 6.07) is 10.2. The quantitative estimate of drug-likeness (QED) is 0.559. The van der Waals surface area contributed by atoms with Gasteiger partial charge in [-0.2, -0.15) is 4.40 Å². The molecule has 0 saturated heterocycles. The van der Waals surface area contributed by atoms with Crippen LogP contribution in [0.2, 0.25) is 0 Å². The molecule has 0 radical (unpaired) electrons. The van der Waals surface area contributed by atoms with Crippen molar-refractivity contribution in [2.24, 2.45) is 14.1 Å².